The van der Waals surface area contributed by atoms with Gasteiger partial charge in [-0.2, -0.15) is 0 Å². The van der Waals surface area contributed by atoms with Gasteiger partial charge in [0.15, 0.2) is 11.5 Å². The smallest absolute Gasteiger partial charge is 0.255 e. The van der Waals surface area contributed by atoms with Crippen molar-refractivity contribution < 1.29 is 23.7 Å². The number of nitrogens with one attached hydrogen (secondary N) is 1. The van der Waals surface area contributed by atoms with Gasteiger partial charge in [-0.3, -0.25) is 4.79 Å². The summed E-state index contributed by atoms with van der Waals surface area (Å²) >= 11 is 0. The number of rotatable bonds is 9. The highest BCUT2D eigenvalue weighted by molar-refractivity contribution is 5.98. The molecule has 0 saturated heterocycles. The minimum Gasteiger partial charge on any atom is -0.493 e. The lowest BCUT2D eigenvalue weighted by Gasteiger charge is -2.15. The highest BCUT2D eigenvalue weighted by Crippen LogP contribution is 2.39. The van der Waals surface area contributed by atoms with E-state index in [4.69, 9.17) is 18.9 Å². The van der Waals surface area contributed by atoms with Crippen molar-refractivity contribution in [2.45, 2.75) is 33.1 Å². The molecule has 6 nitrogen and oxygen atoms in total. The zero-order valence-electron chi connectivity index (χ0n) is 16.5. The third kappa shape index (κ3) is 5.37. The van der Waals surface area contributed by atoms with E-state index in [-0.39, 0.29) is 12.0 Å². The van der Waals surface area contributed by atoms with Crippen LogP contribution in [0.2, 0.25) is 0 Å². The van der Waals surface area contributed by atoms with Crippen molar-refractivity contribution in [1.29, 1.82) is 0 Å². The van der Waals surface area contributed by atoms with Crippen molar-refractivity contribution in [3.05, 3.63) is 53.1 Å². The molecule has 0 heterocycles. The summed E-state index contributed by atoms with van der Waals surface area (Å²) in [6.07, 6.45) is 0.195. The summed E-state index contributed by atoms with van der Waals surface area (Å²) in [5.74, 6) is 0.989. The first-order valence-corrected chi connectivity index (χ1v) is 8.76. The molecule has 2 aromatic rings. The second kappa shape index (κ2) is 9.83. The summed E-state index contributed by atoms with van der Waals surface area (Å²) in [5.41, 5.74) is 2.48. The maximum atomic E-state index is 12.6. The van der Waals surface area contributed by atoms with E-state index in [0.717, 1.165) is 11.1 Å². The number of hydrogen-bond donors (Lipinski definition) is 1. The van der Waals surface area contributed by atoms with Gasteiger partial charge in [-0.25, -0.2) is 0 Å². The normalized spacial score (nSPS) is 10.6. The van der Waals surface area contributed by atoms with Crippen molar-refractivity contribution >= 4 is 5.91 Å². The second-order valence-electron chi connectivity index (χ2n) is 6.24. The predicted molar refractivity (Wildman–Crippen MR) is 104 cm³/mol. The van der Waals surface area contributed by atoms with Crippen LogP contribution in [-0.2, 0) is 17.9 Å². The number of benzene rings is 2. The Morgan fingerprint density at radius 1 is 0.889 bits per heavy atom. The van der Waals surface area contributed by atoms with Crippen LogP contribution in [0.3, 0.4) is 0 Å². The van der Waals surface area contributed by atoms with Crippen molar-refractivity contribution in [2.24, 2.45) is 0 Å². The molecule has 6 heteroatoms. The van der Waals surface area contributed by atoms with Gasteiger partial charge in [0, 0.05) is 6.54 Å². The summed E-state index contributed by atoms with van der Waals surface area (Å²) in [7, 11) is 4.53. The van der Waals surface area contributed by atoms with Crippen molar-refractivity contribution in [3.63, 3.8) is 0 Å². The van der Waals surface area contributed by atoms with Gasteiger partial charge in [0.05, 0.1) is 39.6 Å². The van der Waals surface area contributed by atoms with E-state index in [1.54, 1.807) is 12.1 Å². The molecule has 0 atom stereocenters. The Balaban J connectivity index is 2.05. The molecule has 146 valence electrons. The molecule has 2 rings (SSSR count). The topological polar surface area (TPSA) is 66.0 Å². The lowest BCUT2D eigenvalue weighted by atomic mass is 10.1. The molecule has 0 bridgehead atoms. The fraction of sp³-hybridized carbons (Fsp3) is 0.381. The number of carbonyl (C=O) groups is 1. The Morgan fingerprint density at radius 2 is 1.52 bits per heavy atom. The van der Waals surface area contributed by atoms with Crippen LogP contribution in [0.1, 0.15) is 35.3 Å². The molecule has 1 amide bonds. The van der Waals surface area contributed by atoms with E-state index in [1.807, 2.05) is 38.1 Å². The third-order valence-corrected chi connectivity index (χ3v) is 4.01. The summed E-state index contributed by atoms with van der Waals surface area (Å²) < 4.78 is 21.5. The Labute approximate surface area is 160 Å². The van der Waals surface area contributed by atoms with Gasteiger partial charge < -0.3 is 24.3 Å². The van der Waals surface area contributed by atoms with E-state index < -0.39 is 0 Å². The number of carbonyl (C=O) groups excluding carboxylic acids is 1. The van der Waals surface area contributed by atoms with Crippen molar-refractivity contribution in [1.82, 2.24) is 5.32 Å². The minimum atomic E-state index is -0.250. The molecular formula is C21H27NO5. The first-order chi connectivity index (χ1) is 13.0. The van der Waals surface area contributed by atoms with Crippen LogP contribution in [-0.4, -0.2) is 33.3 Å². The van der Waals surface area contributed by atoms with Crippen LogP contribution in [0.4, 0.5) is 0 Å². The molecule has 0 aliphatic carbocycles. The first-order valence-electron chi connectivity index (χ1n) is 8.76. The van der Waals surface area contributed by atoms with Gasteiger partial charge >= 0.3 is 0 Å². The molecule has 0 aromatic heterocycles. The molecule has 1 N–H and O–H groups in total. The Morgan fingerprint density at radius 3 is 2.07 bits per heavy atom. The van der Waals surface area contributed by atoms with E-state index in [0.29, 0.717) is 36.0 Å². The molecule has 27 heavy (non-hydrogen) atoms. The molecule has 0 unspecified atom stereocenters. The summed E-state index contributed by atoms with van der Waals surface area (Å²) in [5, 5.41) is 2.90. The Bertz CT molecular complexity index is 756. The fourth-order valence-electron chi connectivity index (χ4n) is 2.57. The van der Waals surface area contributed by atoms with Crippen LogP contribution >= 0.6 is 0 Å². The highest BCUT2D eigenvalue weighted by atomic mass is 16.5. The highest BCUT2D eigenvalue weighted by Gasteiger charge is 2.20. The monoisotopic (exact) mass is 373 g/mol. The largest absolute Gasteiger partial charge is 0.493 e. The van der Waals surface area contributed by atoms with Gasteiger partial charge in [-0.1, -0.05) is 24.3 Å². The maximum Gasteiger partial charge on any atom is 0.255 e. The van der Waals surface area contributed by atoms with Crippen molar-refractivity contribution in [2.75, 3.05) is 21.3 Å². The van der Waals surface area contributed by atoms with E-state index in [9.17, 15) is 4.79 Å². The molecule has 0 radical (unpaired) electrons. The zero-order valence-corrected chi connectivity index (χ0v) is 16.5. The van der Waals surface area contributed by atoms with Crippen LogP contribution in [0.25, 0.3) is 0 Å². The van der Waals surface area contributed by atoms with E-state index in [2.05, 4.69) is 5.32 Å². The SMILES string of the molecule is COc1ccc(C(=O)NCc2ccc(COC(C)C)cc2)c(OC)c1OC. The van der Waals surface area contributed by atoms with Crippen molar-refractivity contribution in [3.8, 4) is 17.2 Å². The molecular weight excluding hydrogens is 346 g/mol. The summed E-state index contributed by atoms with van der Waals surface area (Å²) in [4.78, 5) is 12.6. The van der Waals surface area contributed by atoms with Crippen LogP contribution in [0.5, 0.6) is 17.2 Å². The molecule has 0 aliphatic heterocycles. The predicted octanol–water partition coefficient (Wildman–Crippen LogP) is 3.57. The lowest BCUT2D eigenvalue weighted by Crippen LogP contribution is -2.23. The van der Waals surface area contributed by atoms with Gasteiger partial charge in [-0.05, 0) is 37.1 Å². The third-order valence-electron chi connectivity index (χ3n) is 4.01. The Kier molecular flexibility index (Phi) is 7.49. The fourth-order valence-corrected chi connectivity index (χ4v) is 2.57. The van der Waals surface area contributed by atoms with Crippen LogP contribution in [0, 0.1) is 0 Å². The minimum absolute atomic E-state index is 0.195. The van der Waals surface area contributed by atoms with Gasteiger partial charge in [0.25, 0.3) is 5.91 Å². The van der Waals surface area contributed by atoms with Gasteiger partial charge in [-0.15, -0.1) is 0 Å². The molecule has 0 saturated carbocycles. The zero-order chi connectivity index (χ0) is 19.8. The number of methoxy groups -OCH3 is 3. The molecule has 2 aromatic carbocycles. The second-order valence-corrected chi connectivity index (χ2v) is 6.24. The van der Waals surface area contributed by atoms with Crippen LogP contribution < -0.4 is 19.5 Å². The summed E-state index contributed by atoms with van der Waals surface area (Å²) in [6.45, 7) is 4.99. The summed E-state index contributed by atoms with van der Waals surface area (Å²) in [6, 6.07) is 11.3. The van der Waals surface area contributed by atoms with E-state index >= 15 is 0 Å². The van der Waals surface area contributed by atoms with Crippen LogP contribution in [0.15, 0.2) is 36.4 Å². The Hall–Kier alpha value is -2.73. The average Bonchev–Trinajstić information content (AvgIpc) is 2.69. The molecule has 0 spiro atoms. The van der Waals surface area contributed by atoms with E-state index in [1.165, 1.54) is 21.3 Å². The molecule has 0 fully saturated rings. The molecule has 0 aliphatic rings. The first kappa shape index (κ1) is 20.6. The number of amides is 1. The lowest BCUT2D eigenvalue weighted by molar-refractivity contribution is 0.0657. The maximum absolute atomic E-state index is 12.6. The number of ether oxygens (including phenoxy) is 4. The standard InChI is InChI=1S/C21H27NO5/c1-14(2)27-13-16-8-6-15(7-9-16)12-22-21(23)17-10-11-18(24-3)20(26-5)19(17)25-4/h6-11,14H,12-13H2,1-5H3,(H,22,23). The van der Waals surface area contributed by atoms with Gasteiger partial charge in [0.1, 0.15) is 0 Å². The van der Waals surface area contributed by atoms with Gasteiger partial charge in [0.2, 0.25) is 5.75 Å². The number of hydrogen-bond acceptors (Lipinski definition) is 5. The quantitative estimate of drug-likeness (QED) is 0.728. The average molecular weight is 373 g/mol.